The van der Waals surface area contributed by atoms with E-state index < -0.39 is 15.5 Å². The molecule has 0 saturated carbocycles. The van der Waals surface area contributed by atoms with Gasteiger partial charge < -0.3 is 5.32 Å². The predicted octanol–water partition coefficient (Wildman–Crippen LogP) is 1.86. The number of aliphatic imine (C=N–C) groups is 1. The highest BCUT2D eigenvalue weighted by Gasteiger charge is 2.48. The molecule has 1 N–H and O–H groups in total. The summed E-state index contributed by atoms with van der Waals surface area (Å²) in [4.78, 5) is 4.56. The van der Waals surface area contributed by atoms with Gasteiger partial charge in [-0.1, -0.05) is 12.1 Å². The molecule has 0 aromatic heterocycles. The minimum absolute atomic E-state index is 0.143. The van der Waals surface area contributed by atoms with Crippen molar-refractivity contribution in [1.82, 2.24) is 5.32 Å². The maximum absolute atomic E-state index is 11.5. The van der Waals surface area contributed by atoms with Gasteiger partial charge >= 0.3 is 0 Å². The zero-order valence-electron chi connectivity index (χ0n) is 12.6. The zero-order chi connectivity index (χ0) is 15.4. The van der Waals surface area contributed by atoms with E-state index in [0.29, 0.717) is 12.0 Å². The summed E-state index contributed by atoms with van der Waals surface area (Å²) in [5.74, 6) is 0.497. The molecule has 2 aliphatic heterocycles. The lowest BCUT2D eigenvalue weighted by atomic mass is 9.64. The maximum Gasteiger partial charge on any atom is 0.264 e. The lowest BCUT2D eigenvalue weighted by molar-refractivity contribution is 0.211. The van der Waals surface area contributed by atoms with E-state index in [0.717, 1.165) is 24.9 Å². The van der Waals surface area contributed by atoms with E-state index in [2.05, 4.69) is 22.4 Å². The summed E-state index contributed by atoms with van der Waals surface area (Å²) in [6.45, 7) is 1.17. The van der Waals surface area contributed by atoms with Gasteiger partial charge in [0.05, 0.1) is 24.0 Å². The van der Waals surface area contributed by atoms with E-state index in [-0.39, 0.29) is 6.61 Å². The van der Waals surface area contributed by atoms with Crippen LogP contribution in [0.3, 0.4) is 0 Å². The Balaban J connectivity index is 1.80. The van der Waals surface area contributed by atoms with Gasteiger partial charge in [0.15, 0.2) is 0 Å². The van der Waals surface area contributed by atoms with Crippen LogP contribution in [0.4, 0.5) is 5.69 Å². The summed E-state index contributed by atoms with van der Waals surface area (Å²) < 4.78 is 28.1. The molecule has 5 nitrogen and oxygen atoms in total. The number of hydrogen-bond donors (Lipinski definition) is 1. The first kappa shape index (κ1) is 14.4. The maximum atomic E-state index is 11.5. The quantitative estimate of drug-likeness (QED) is 0.863. The van der Waals surface area contributed by atoms with Gasteiger partial charge in [0.1, 0.15) is 0 Å². The van der Waals surface area contributed by atoms with Crippen LogP contribution in [0.5, 0.6) is 0 Å². The molecular weight excluding hydrogens is 300 g/mol. The molecule has 0 radical (unpaired) electrons. The molecule has 0 amide bonds. The number of fused-ring (bicyclic) bond motifs is 2. The number of benzene rings is 1. The van der Waals surface area contributed by atoms with Crippen molar-refractivity contribution in [2.75, 3.05) is 19.4 Å². The lowest BCUT2D eigenvalue weighted by Gasteiger charge is -2.45. The van der Waals surface area contributed by atoms with Gasteiger partial charge in [0, 0.05) is 12.3 Å². The third-order valence-corrected chi connectivity index (χ3v) is 5.67. The Kier molecular flexibility index (Phi) is 3.18. The van der Waals surface area contributed by atoms with Crippen LogP contribution in [0.2, 0.25) is 0 Å². The Hall–Kier alpha value is -1.24. The number of nitrogens with zero attached hydrogens (tertiary/aromatic N) is 1. The summed E-state index contributed by atoms with van der Waals surface area (Å²) in [7, 11) is -3.46. The van der Waals surface area contributed by atoms with Gasteiger partial charge in [-0.05, 0) is 48.9 Å². The monoisotopic (exact) mass is 320 g/mol. The van der Waals surface area contributed by atoms with Crippen LogP contribution >= 0.6 is 0 Å². The fourth-order valence-corrected chi connectivity index (χ4v) is 4.67. The average Bonchev–Trinajstić information content (AvgIpc) is 2.86. The van der Waals surface area contributed by atoms with E-state index in [4.69, 9.17) is 4.18 Å². The van der Waals surface area contributed by atoms with Crippen molar-refractivity contribution in [3.05, 3.63) is 29.3 Å². The van der Waals surface area contributed by atoms with Crippen molar-refractivity contribution in [2.45, 2.75) is 36.6 Å². The average molecular weight is 320 g/mol. The van der Waals surface area contributed by atoms with Gasteiger partial charge in [-0.25, -0.2) is 0 Å². The molecule has 22 heavy (non-hydrogen) atoms. The van der Waals surface area contributed by atoms with Crippen molar-refractivity contribution in [3.63, 3.8) is 0 Å². The second kappa shape index (κ2) is 4.88. The molecular formula is C16H20N2O3S. The molecule has 1 aromatic rings. The molecule has 118 valence electrons. The van der Waals surface area contributed by atoms with Crippen LogP contribution in [0.1, 0.15) is 36.3 Å². The van der Waals surface area contributed by atoms with E-state index in [1.165, 1.54) is 24.0 Å². The minimum Gasteiger partial charge on any atom is -0.313 e. The van der Waals surface area contributed by atoms with Crippen LogP contribution in [0.25, 0.3) is 0 Å². The molecule has 2 heterocycles. The van der Waals surface area contributed by atoms with Crippen LogP contribution in [0, 0.1) is 0 Å². The van der Waals surface area contributed by atoms with Crippen molar-refractivity contribution in [3.8, 4) is 0 Å². The first-order valence-electron chi connectivity index (χ1n) is 7.75. The molecule has 1 aliphatic carbocycles. The number of piperidine rings is 1. The van der Waals surface area contributed by atoms with Crippen molar-refractivity contribution < 1.29 is 12.6 Å². The Morgan fingerprint density at radius 1 is 1.45 bits per heavy atom. The zero-order valence-corrected chi connectivity index (χ0v) is 13.4. The number of nitrogens with one attached hydrogen (secondary N) is 1. The lowest BCUT2D eigenvalue weighted by Crippen LogP contribution is -2.51. The molecule has 1 aromatic carbocycles. The van der Waals surface area contributed by atoms with Gasteiger partial charge in [-0.15, -0.1) is 0 Å². The molecule has 1 saturated heterocycles. The van der Waals surface area contributed by atoms with Crippen LogP contribution in [0.15, 0.2) is 23.2 Å². The highest BCUT2D eigenvalue weighted by molar-refractivity contribution is 7.85. The first-order valence-corrected chi connectivity index (χ1v) is 9.57. The fraction of sp³-hybridized carbons (Fsp3) is 0.562. The highest BCUT2D eigenvalue weighted by atomic mass is 32.2. The number of rotatable bonds is 3. The summed E-state index contributed by atoms with van der Waals surface area (Å²) in [6.07, 6.45) is 6.21. The third-order valence-electron chi connectivity index (χ3n) is 5.12. The Morgan fingerprint density at radius 2 is 2.32 bits per heavy atom. The van der Waals surface area contributed by atoms with Gasteiger partial charge in [0.25, 0.3) is 10.1 Å². The predicted molar refractivity (Wildman–Crippen MR) is 85.5 cm³/mol. The summed E-state index contributed by atoms with van der Waals surface area (Å²) >= 11 is 0. The van der Waals surface area contributed by atoms with Crippen molar-refractivity contribution >= 4 is 22.0 Å². The number of hydrogen-bond acceptors (Lipinski definition) is 5. The van der Waals surface area contributed by atoms with Gasteiger partial charge in [-0.2, -0.15) is 8.42 Å². The molecule has 3 atom stereocenters. The summed E-state index contributed by atoms with van der Waals surface area (Å²) in [5.41, 5.74) is 3.05. The Bertz CT molecular complexity index is 744. The fourth-order valence-electron chi connectivity index (χ4n) is 4.24. The molecule has 1 fully saturated rings. The molecule has 0 spiro atoms. The summed E-state index contributed by atoms with van der Waals surface area (Å²) in [5, 5.41) is 3.60. The smallest absolute Gasteiger partial charge is 0.264 e. The second-order valence-electron chi connectivity index (χ2n) is 6.64. The summed E-state index contributed by atoms with van der Waals surface area (Å²) in [6, 6.07) is 6.60. The van der Waals surface area contributed by atoms with Gasteiger partial charge in [-0.3, -0.25) is 9.18 Å². The largest absolute Gasteiger partial charge is 0.313 e. The second-order valence-corrected chi connectivity index (χ2v) is 8.28. The van der Waals surface area contributed by atoms with Crippen LogP contribution in [-0.2, 0) is 19.7 Å². The molecule has 0 bridgehead atoms. The highest BCUT2D eigenvalue weighted by Crippen LogP contribution is 2.51. The SMILES string of the molecule is CS(=O)(=O)OCC12C=Nc3cccc(c31)[C@H]1CCCN[C@@H]1C2. The van der Waals surface area contributed by atoms with Crippen molar-refractivity contribution in [1.29, 1.82) is 0 Å². The van der Waals surface area contributed by atoms with Gasteiger partial charge in [0.2, 0.25) is 0 Å². The van der Waals surface area contributed by atoms with E-state index in [1.54, 1.807) is 0 Å². The Morgan fingerprint density at radius 3 is 3.14 bits per heavy atom. The van der Waals surface area contributed by atoms with E-state index >= 15 is 0 Å². The Labute approximate surface area is 130 Å². The van der Waals surface area contributed by atoms with Crippen LogP contribution < -0.4 is 5.32 Å². The van der Waals surface area contributed by atoms with E-state index in [9.17, 15) is 8.42 Å². The molecule has 4 rings (SSSR count). The topological polar surface area (TPSA) is 67.8 Å². The molecule has 1 unspecified atom stereocenters. The van der Waals surface area contributed by atoms with Crippen molar-refractivity contribution in [2.24, 2.45) is 4.99 Å². The third kappa shape index (κ3) is 2.21. The molecule has 3 aliphatic rings. The first-order chi connectivity index (χ1) is 10.5. The molecule has 6 heteroatoms. The normalized spacial score (nSPS) is 32.6. The standard InChI is InChI=1S/C16H20N2O3S/c1-22(19,20)21-10-16-8-14-11(5-3-7-17-14)12-4-2-6-13(15(12)16)18-9-16/h2,4,6,9,11,14,17H,3,5,7-8,10H2,1H3/t11-,14-,16?/m1/s1. The van der Waals surface area contributed by atoms with Crippen LogP contribution in [-0.4, -0.2) is 40.1 Å². The van der Waals surface area contributed by atoms with E-state index in [1.807, 2.05) is 12.3 Å². The minimum atomic E-state index is -3.46.